The number of ether oxygens (including phenoxy) is 1. The first kappa shape index (κ1) is 16.6. The maximum Gasteiger partial charge on any atom is 0.146 e. The van der Waals surface area contributed by atoms with Crippen LogP contribution in [0, 0.1) is 11.3 Å². The van der Waals surface area contributed by atoms with Gasteiger partial charge in [-0.05, 0) is 41.8 Å². The highest BCUT2D eigenvalue weighted by molar-refractivity contribution is 7.11. The molecule has 0 bridgehead atoms. The molecular formula is C19H11Cl2NOS. The fourth-order valence-corrected chi connectivity index (χ4v) is 3.25. The molecule has 1 aromatic heterocycles. The van der Waals surface area contributed by atoms with E-state index in [4.69, 9.17) is 27.9 Å². The van der Waals surface area contributed by atoms with E-state index >= 15 is 0 Å². The van der Waals surface area contributed by atoms with E-state index in [2.05, 4.69) is 6.07 Å². The molecule has 0 radical (unpaired) electrons. The van der Waals surface area contributed by atoms with Crippen LogP contribution in [0.3, 0.4) is 0 Å². The molecule has 3 aromatic rings. The van der Waals surface area contributed by atoms with Crippen molar-refractivity contribution in [1.82, 2.24) is 0 Å². The highest BCUT2D eigenvalue weighted by atomic mass is 35.5. The molecule has 0 spiro atoms. The van der Waals surface area contributed by atoms with Crippen molar-refractivity contribution >= 4 is 46.2 Å². The number of para-hydroxylation sites is 1. The molecular weight excluding hydrogens is 361 g/mol. The molecule has 1 heterocycles. The molecule has 118 valence electrons. The lowest BCUT2D eigenvalue weighted by Crippen LogP contribution is -1.89. The number of thiophene rings is 1. The van der Waals surface area contributed by atoms with Crippen LogP contribution >= 0.6 is 34.5 Å². The fourth-order valence-electron chi connectivity index (χ4n) is 2.11. The maximum absolute atomic E-state index is 9.43. The van der Waals surface area contributed by atoms with E-state index in [1.807, 2.05) is 47.9 Å². The van der Waals surface area contributed by atoms with Crippen LogP contribution in [0.1, 0.15) is 10.4 Å². The maximum atomic E-state index is 9.43. The van der Waals surface area contributed by atoms with E-state index in [-0.39, 0.29) is 0 Å². The van der Waals surface area contributed by atoms with Crippen molar-refractivity contribution < 1.29 is 4.74 Å². The molecule has 3 rings (SSSR count). The van der Waals surface area contributed by atoms with Gasteiger partial charge in [-0.15, -0.1) is 11.3 Å². The highest BCUT2D eigenvalue weighted by Crippen LogP contribution is 2.34. The zero-order valence-electron chi connectivity index (χ0n) is 12.4. The van der Waals surface area contributed by atoms with E-state index in [1.165, 1.54) is 11.3 Å². The van der Waals surface area contributed by atoms with Crippen LogP contribution in [-0.4, -0.2) is 0 Å². The Bertz CT molecular complexity index is 927. The Labute approximate surface area is 154 Å². The molecule has 0 fully saturated rings. The Morgan fingerprint density at radius 3 is 2.58 bits per heavy atom. The zero-order chi connectivity index (χ0) is 16.9. The van der Waals surface area contributed by atoms with Gasteiger partial charge >= 0.3 is 0 Å². The fraction of sp³-hybridized carbons (Fsp3) is 0. The first-order chi connectivity index (χ1) is 11.7. The summed E-state index contributed by atoms with van der Waals surface area (Å²) in [6, 6.07) is 18.6. The summed E-state index contributed by atoms with van der Waals surface area (Å²) in [6.45, 7) is 0. The van der Waals surface area contributed by atoms with Gasteiger partial charge in [0.15, 0.2) is 0 Å². The van der Waals surface area contributed by atoms with Crippen LogP contribution in [0.4, 0.5) is 0 Å². The van der Waals surface area contributed by atoms with Gasteiger partial charge < -0.3 is 4.74 Å². The number of halogens is 2. The van der Waals surface area contributed by atoms with Crippen molar-refractivity contribution in [3.63, 3.8) is 0 Å². The summed E-state index contributed by atoms with van der Waals surface area (Å²) in [5, 5.41) is 12.3. The average molecular weight is 372 g/mol. The summed E-state index contributed by atoms with van der Waals surface area (Å²) in [7, 11) is 0. The Morgan fingerprint density at radius 2 is 1.88 bits per heavy atom. The summed E-state index contributed by atoms with van der Waals surface area (Å²) in [6.07, 6.45) is 1.81. The monoisotopic (exact) mass is 371 g/mol. The molecule has 0 N–H and O–H groups in total. The zero-order valence-corrected chi connectivity index (χ0v) is 14.7. The summed E-state index contributed by atoms with van der Waals surface area (Å²) < 4.78 is 5.92. The van der Waals surface area contributed by atoms with Gasteiger partial charge in [-0.25, -0.2) is 0 Å². The van der Waals surface area contributed by atoms with Crippen molar-refractivity contribution in [3.05, 3.63) is 80.5 Å². The predicted octanol–water partition coefficient (Wildman–Crippen LogP) is 6.91. The summed E-state index contributed by atoms with van der Waals surface area (Å²) >= 11 is 13.6. The molecule has 0 aliphatic rings. The van der Waals surface area contributed by atoms with Gasteiger partial charge in [0.2, 0.25) is 0 Å². The summed E-state index contributed by atoms with van der Waals surface area (Å²) in [5.74, 6) is 1.13. The lowest BCUT2D eigenvalue weighted by molar-refractivity contribution is 0.482. The summed E-state index contributed by atoms with van der Waals surface area (Å²) in [4.78, 5) is 0.914. The van der Waals surface area contributed by atoms with E-state index in [0.29, 0.717) is 27.1 Å². The second kappa shape index (κ2) is 7.55. The number of hydrogen-bond donors (Lipinski definition) is 0. The molecule has 0 unspecified atom stereocenters. The van der Waals surface area contributed by atoms with E-state index < -0.39 is 0 Å². The Hall–Kier alpha value is -2.25. The lowest BCUT2D eigenvalue weighted by atomic mass is 10.1. The van der Waals surface area contributed by atoms with Gasteiger partial charge in [0.05, 0.1) is 10.6 Å². The normalized spacial score (nSPS) is 11.1. The van der Waals surface area contributed by atoms with Crippen LogP contribution < -0.4 is 4.74 Å². The third kappa shape index (κ3) is 3.80. The molecule has 0 aliphatic heterocycles. The average Bonchev–Trinajstić information content (AvgIpc) is 3.11. The SMILES string of the molecule is N#C/C(=C\c1ccccc1Oc1ccc(Cl)cc1Cl)c1cccs1. The third-order valence-electron chi connectivity index (χ3n) is 3.24. The number of hydrogen-bond acceptors (Lipinski definition) is 3. The number of nitriles is 1. The second-order valence-electron chi connectivity index (χ2n) is 4.86. The van der Waals surface area contributed by atoms with Crippen molar-refractivity contribution in [3.8, 4) is 17.6 Å². The molecule has 24 heavy (non-hydrogen) atoms. The molecule has 5 heteroatoms. The van der Waals surface area contributed by atoms with Crippen LogP contribution in [0.5, 0.6) is 11.5 Å². The van der Waals surface area contributed by atoms with E-state index in [9.17, 15) is 5.26 Å². The van der Waals surface area contributed by atoms with Gasteiger partial charge in [-0.3, -0.25) is 0 Å². The van der Waals surface area contributed by atoms with Crippen molar-refractivity contribution in [1.29, 1.82) is 5.26 Å². The molecule has 2 nitrogen and oxygen atoms in total. The topological polar surface area (TPSA) is 33.0 Å². The van der Waals surface area contributed by atoms with Gasteiger partial charge in [0, 0.05) is 15.5 Å². The lowest BCUT2D eigenvalue weighted by Gasteiger charge is -2.10. The second-order valence-corrected chi connectivity index (χ2v) is 6.65. The van der Waals surface area contributed by atoms with Crippen molar-refractivity contribution in [2.45, 2.75) is 0 Å². The van der Waals surface area contributed by atoms with Crippen LogP contribution in [0.15, 0.2) is 60.0 Å². The van der Waals surface area contributed by atoms with Crippen molar-refractivity contribution in [2.75, 3.05) is 0 Å². The number of rotatable bonds is 4. The Morgan fingerprint density at radius 1 is 1.04 bits per heavy atom. The quantitative estimate of drug-likeness (QED) is 0.466. The van der Waals surface area contributed by atoms with Gasteiger partial charge in [-0.2, -0.15) is 5.26 Å². The number of allylic oxidation sites excluding steroid dienone is 1. The predicted molar refractivity (Wildman–Crippen MR) is 101 cm³/mol. The highest BCUT2D eigenvalue weighted by Gasteiger charge is 2.09. The van der Waals surface area contributed by atoms with Gasteiger partial charge in [0.1, 0.15) is 17.6 Å². The van der Waals surface area contributed by atoms with Crippen LogP contribution in [0.25, 0.3) is 11.6 Å². The Balaban J connectivity index is 1.98. The largest absolute Gasteiger partial charge is 0.455 e. The number of benzene rings is 2. The van der Waals surface area contributed by atoms with Crippen LogP contribution in [0.2, 0.25) is 10.0 Å². The molecule has 0 aliphatic carbocycles. The Kier molecular flexibility index (Phi) is 5.22. The van der Waals surface area contributed by atoms with Gasteiger partial charge in [-0.1, -0.05) is 47.5 Å². The third-order valence-corrected chi connectivity index (χ3v) is 4.67. The minimum Gasteiger partial charge on any atom is -0.455 e. The first-order valence-corrected chi connectivity index (χ1v) is 8.68. The van der Waals surface area contributed by atoms with Crippen LogP contribution in [-0.2, 0) is 0 Å². The minimum atomic E-state index is 0.431. The molecule has 2 aromatic carbocycles. The molecule has 0 saturated carbocycles. The standard InChI is InChI=1S/C19H11Cl2NOS/c20-15-7-8-18(16(21)11-15)23-17-5-2-1-4-13(17)10-14(12-22)19-6-3-9-24-19/h1-11H/b14-10+. The first-order valence-electron chi connectivity index (χ1n) is 7.05. The van der Waals surface area contributed by atoms with Crippen molar-refractivity contribution in [2.24, 2.45) is 0 Å². The van der Waals surface area contributed by atoms with E-state index in [0.717, 1.165) is 10.4 Å². The molecule has 0 amide bonds. The smallest absolute Gasteiger partial charge is 0.146 e. The summed E-state index contributed by atoms with van der Waals surface area (Å²) in [5.41, 5.74) is 1.39. The molecule has 0 saturated heterocycles. The number of nitrogens with zero attached hydrogens (tertiary/aromatic N) is 1. The minimum absolute atomic E-state index is 0.431. The molecule has 0 atom stereocenters. The van der Waals surface area contributed by atoms with E-state index in [1.54, 1.807) is 18.2 Å². The van der Waals surface area contributed by atoms with Gasteiger partial charge in [0.25, 0.3) is 0 Å².